The molecule has 2 aromatic rings. The predicted molar refractivity (Wildman–Crippen MR) is 97.4 cm³/mol. The molecule has 0 saturated heterocycles. The molecule has 1 aromatic heterocycles. The molecular formula is C20H25N3O2. The molecule has 1 aromatic carbocycles. The topological polar surface area (TPSA) is 74.8 Å². The van der Waals surface area contributed by atoms with Gasteiger partial charge in [0.25, 0.3) is 5.56 Å². The number of amides is 1. The largest absolute Gasteiger partial charge is 0.352 e. The molecule has 0 aliphatic heterocycles. The van der Waals surface area contributed by atoms with Crippen molar-refractivity contribution in [3.63, 3.8) is 0 Å². The Labute approximate surface area is 147 Å². The minimum absolute atomic E-state index is 0.0560. The van der Waals surface area contributed by atoms with Crippen molar-refractivity contribution in [2.45, 2.75) is 52.5 Å². The van der Waals surface area contributed by atoms with Gasteiger partial charge in [-0.2, -0.15) is 0 Å². The van der Waals surface area contributed by atoms with E-state index < -0.39 is 0 Å². The first kappa shape index (κ1) is 17.4. The summed E-state index contributed by atoms with van der Waals surface area (Å²) < 4.78 is 0. The second-order valence-electron chi connectivity index (χ2n) is 6.74. The van der Waals surface area contributed by atoms with Crippen LogP contribution in [0.25, 0.3) is 0 Å². The molecule has 1 amide bonds. The lowest BCUT2D eigenvalue weighted by atomic mass is 9.98. The van der Waals surface area contributed by atoms with Crippen LogP contribution in [0, 0.1) is 12.8 Å². The second kappa shape index (κ2) is 7.64. The summed E-state index contributed by atoms with van der Waals surface area (Å²) >= 11 is 0. The van der Waals surface area contributed by atoms with Crippen molar-refractivity contribution in [3.05, 3.63) is 62.8 Å². The van der Waals surface area contributed by atoms with Crippen LogP contribution >= 0.6 is 0 Å². The van der Waals surface area contributed by atoms with E-state index in [0.29, 0.717) is 31.6 Å². The summed E-state index contributed by atoms with van der Waals surface area (Å²) in [6.45, 7) is 4.47. The summed E-state index contributed by atoms with van der Waals surface area (Å²) in [5.74, 6) is 0.645. The zero-order valence-corrected chi connectivity index (χ0v) is 14.9. The van der Waals surface area contributed by atoms with Crippen molar-refractivity contribution < 1.29 is 4.79 Å². The number of fused-ring (bicyclic) bond motifs is 1. The summed E-state index contributed by atoms with van der Waals surface area (Å²) in [6.07, 6.45) is 3.75. The van der Waals surface area contributed by atoms with Crippen molar-refractivity contribution in [2.75, 3.05) is 0 Å². The van der Waals surface area contributed by atoms with E-state index in [2.05, 4.69) is 46.5 Å². The van der Waals surface area contributed by atoms with Gasteiger partial charge in [-0.15, -0.1) is 0 Å². The quantitative estimate of drug-likeness (QED) is 0.840. The molecule has 1 aliphatic rings. The maximum Gasteiger partial charge on any atom is 0.254 e. The van der Waals surface area contributed by atoms with E-state index in [1.807, 2.05) is 0 Å². The molecule has 0 saturated carbocycles. The number of aromatic amines is 1. The molecule has 5 nitrogen and oxygen atoms in total. The smallest absolute Gasteiger partial charge is 0.254 e. The zero-order valence-electron chi connectivity index (χ0n) is 14.9. The van der Waals surface area contributed by atoms with Crippen LogP contribution in [-0.2, 0) is 30.6 Å². The van der Waals surface area contributed by atoms with Gasteiger partial charge in [0.2, 0.25) is 5.91 Å². The highest BCUT2D eigenvalue weighted by Crippen LogP contribution is 2.21. The Hall–Kier alpha value is -2.43. The second-order valence-corrected chi connectivity index (χ2v) is 6.74. The molecule has 0 fully saturated rings. The highest BCUT2D eigenvalue weighted by atomic mass is 16.2. The molecule has 2 N–H and O–H groups in total. The number of hydrogen-bond donors (Lipinski definition) is 2. The van der Waals surface area contributed by atoms with Crippen LogP contribution < -0.4 is 10.9 Å². The van der Waals surface area contributed by atoms with Gasteiger partial charge in [0.1, 0.15) is 5.82 Å². The van der Waals surface area contributed by atoms with Gasteiger partial charge < -0.3 is 10.3 Å². The van der Waals surface area contributed by atoms with Crippen molar-refractivity contribution >= 4 is 5.91 Å². The first-order chi connectivity index (χ1) is 12.1. The molecular weight excluding hydrogens is 314 g/mol. The van der Waals surface area contributed by atoms with E-state index in [1.54, 1.807) is 6.92 Å². The third-order valence-corrected chi connectivity index (χ3v) is 4.96. The molecule has 5 heteroatoms. The Balaban J connectivity index is 1.60. The Kier molecular flexibility index (Phi) is 5.31. The molecule has 0 radical (unpaired) electrons. The van der Waals surface area contributed by atoms with Crippen molar-refractivity contribution in [1.29, 1.82) is 0 Å². The summed E-state index contributed by atoms with van der Waals surface area (Å²) in [4.78, 5) is 31.8. The van der Waals surface area contributed by atoms with Crippen molar-refractivity contribution in [2.24, 2.45) is 5.92 Å². The van der Waals surface area contributed by atoms with Gasteiger partial charge in [-0.25, -0.2) is 4.98 Å². The van der Waals surface area contributed by atoms with Gasteiger partial charge in [-0.05, 0) is 50.2 Å². The first-order valence-electron chi connectivity index (χ1n) is 9.01. The Morgan fingerprint density at radius 3 is 2.60 bits per heavy atom. The molecule has 132 valence electrons. The Morgan fingerprint density at radius 2 is 1.88 bits per heavy atom. The molecule has 1 heterocycles. The van der Waals surface area contributed by atoms with E-state index in [0.717, 1.165) is 29.7 Å². The summed E-state index contributed by atoms with van der Waals surface area (Å²) in [5.41, 5.74) is 3.95. The highest BCUT2D eigenvalue weighted by molar-refractivity contribution is 5.78. The van der Waals surface area contributed by atoms with Crippen LogP contribution in [0.5, 0.6) is 0 Å². The number of aryl methyl sites for hydroxylation is 3. The summed E-state index contributed by atoms with van der Waals surface area (Å²) in [5, 5.41) is 3.04. The number of hydrogen-bond acceptors (Lipinski definition) is 3. The molecule has 1 unspecified atom stereocenters. The predicted octanol–water partition coefficient (Wildman–Crippen LogP) is 2.45. The Morgan fingerprint density at radius 1 is 1.20 bits per heavy atom. The SMILES string of the molecule is CCc1ccc(CNC(=O)C2CCc3nc(C)[nH]c(=O)c3CC2)cc1. The number of nitrogens with one attached hydrogen (secondary N) is 2. The molecule has 3 rings (SSSR count). The van der Waals surface area contributed by atoms with Gasteiger partial charge >= 0.3 is 0 Å². The number of benzene rings is 1. The average molecular weight is 339 g/mol. The van der Waals surface area contributed by atoms with Gasteiger partial charge in [0, 0.05) is 18.0 Å². The standard InChI is InChI=1S/C20H25N3O2/c1-3-14-4-6-15(7-5-14)12-21-19(24)16-8-10-17-18(11-9-16)22-13(2)23-20(17)25/h4-7,16H,3,8-12H2,1-2H3,(H,21,24)(H,22,23,25). The summed E-state index contributed by atoms with van der Waals surface area (Å²) in [6, 6.07) is 8.33. The fraction of sp³-hybridized carbons (Fsp3) is 0.450. The molecule has 25 heavy (non-hydrogen) atoms. The molecule has 0 spiro atoms. The van der Waals surface area contributed by atoms with E-state index in [4.69, 9.17) is 0 Å². The first-order valence-corrected chi connectivity index (χ1v) is 9.01. The maximum atomic E-state index is 12.5. The number of carbonyl (C=O) groups is 1. The number of H-pyrrole nitrogens is 1. The average Bonchev–Trinajstić information content (AvgIpc) is 2.83. The monoisotopic (exact) mass is 339 g/mol. The maximum absolute atomic E-state index is 12.5. The van der Waals surface area contributed by atoms with E-state index in [-0.39, 0.29) is 17.4 Å². The Bertz CT molecular complexity index is 809. The zero-order chi connectivity index (χ0) is 17.8. The minimum Gasteiger partial charge on any atom is -0.352 e. The lowest BCUT2D eigenvalue weighted by molar-refractivity contribution is -0.125. The van der Waals surface area contributed by atoms with E-state index in [1.165, 1.54) is 5.56 Å². The lowest BCUT2D eigenvalue weighted by Crippen LogP contribution is -2.30. The van der Waals surface area contributed by atoms with Crippen molar-refractivity contribution in [3.8, 4) is 0 Å². The number of carbonyl (C=O) groups excluding carboxylic acids is 1. The van der Waals surface area contributed by atoms with Crippen LogP contribution in [0.15, 0.2) is 29.1 Å². The number of aromatic nitrogens is 2. The van der Waals surface area contributed by atoms with Gasteiger partial charge in [-0.3, -0.25) is 9.59 Å². The molecule has 1 aliphatic carbocycles. The lowest BCUT2D eigenvalue weighted by Gasteiger charge is -2.14. The normalized spacial score (nSPS) is 16.8. The molecule has 1 atom stereocenters. The third-order valence-electron chi connectivity index (χ3n) is 4.96. The number of nitrogens with zero attached hydrogens (tertiary/aromatic N) is 1. The van der Waals surface area contributed by atoms with Crippen LogP contribution in [0.3, 0.4) is 0 Å². The highest BCUT2D eigenvalue weighted by Gasteiger charge is 2.24. The summed E-state index contributed by atoms with van der Waals surface area (Å²) in [7, 11) is 0. The van der Waals surface area contributed by atoms with Crippen LogP contribution in [0.1, 0.15) is 48.0 Å². The van der Waals surface area contributed by atoms with Crippen LogP contribution in [0.2, 0.25) is 0 Å². The number of rotatable bonds is 4. The van der Waals surface area contributed by atoms with Gasteiger partial charge in [-0.1, -0.05) is 31.2 Å². The van der Waals surface area contributed by atoms with Gasteiger partial charge in [0.05, 0.1) is 5.69 Å². The fourth-order valence-corrected chi connectivity index (χ4v) is 3.40. The van der Waals surface area contributed by atoms with E-state index in [9.17, 15) is 9.59 Å². The van der Waals surface area contributed by atoms with Gasteiger partial charge in [0.15, 0.2) is 0 Å². The minimum atomic E-state index is -0.0659. The van der Waals surface area contributed by atoms with Crippen LogP contribution in [0.4, 0.5) is 0 Å². The van der Waals surface area contributed by atoms with E-state index >= 15 is 0 Å². The molecule has 0 bridgehead atoms. The fourth-order valence-electron chi connectivity index (χ4n) is 3.40. The van der Waals surface area contributed by atoms with Crippen LogP contribution in [-0.4, -0.2) is 15.9 Å². The third kappa shape index (κ3) is 4.16. The van der Waals surface area contributed by atoms with Crippen molar-refractivity contribution in [1.82, 2.24) is 15.3 Å².